The Kier molecular flexibility index (Phi) is 4.43. The molecule has 0 spiro atoms. The van der Waals surface area contributed by atoms with Crippen molar-refractivity contribution in [3.8, 4) is 11.3 Å². The lowest BCUT2D eigenvalue weighted by molar-refractivity contribution is 0.0603. The first-order chi connectivity index (χ1) is 13.2. The van der Waals surface area contributed by atoms with Crippen LogP contribution in [-0.4, -0.2) is 24.1 Å². The van der Waals surface area contributed by atoms with Gasteiger partial charge in [-0.05, 0) is 18.2 Å². The van der Waals surface area contributed by atoms with Crippen molar-refractivity contribution in [1.29, 1.82) is 0 Å². The van der Waals surface area contributed by atoms with Gasteiger partial charge in [-0.3, -0.25) is 4.79 Å². The monoisotopic (exact) mass is 378 g/mol. The average Bonchev–Trinajstić information content (AvgIpc) is 3.34. The Hall–Kier alpha value is -3.45. The highest BCUT2D eigenvalue weighted by Gasteiger charge is 2.17. The third kappa shape index (κ3) is 3.32. The van der Waals surface area contributed by atoms with E-state index in [0.29, 0.717) is 27.4 Å². The number of esters is 1. The summed E-state index contributed by atoms with van der Waals surface area (Å²) in [6.07, 6.45) is 0. The molecule has 0 fully saturated rings. The first kappa shape index (κ1) is 17.0. The van der Waals surface area contributed by atoms with E-state index in [-0.39, 0.29) is 5.91 Å². The number of nitrogens with zero attached hydrogens (tertiary/aromatic N) is 1. The van der Waals surface area contributed by atoms with Crippen LogP contribution in [0.15, 0.2) is 65.2 Å². The van der Waals surface area contributed by atoms with E-state index < -0.39 is 5.97 Å². The summed E-state index contributed by atoms with van der Waals surface area (Å²) in [4.78, 5) is 24.9. The minimum Gasteiger partial charge on any atom is -0.465 e. The van der Waals surface area contributed by atoms with Gasteiger partial charge in [0.05, 0.1) is 17.6 Å². The summed E-state index contributed by atoms with van der Waals surface area (Å²) < 4.78 is 10.9. The highest BCUT2D eigenvalue weighted by Crippen LogP contribution is 2.30. The molecular weight excluding hydrogens is 364 g/mol. The van der Waals surface area contributed by atoms with Crippen molar-refractivity contribution in [2.45, 2.75) is 0 Å². The second-order valence-electron chi connectivity index (χ2n) is 5.72. The number of carbonyl (C=O) groups excluding carboxylic acids is 2. The number of thiophene rings is 1. The van der Waals surface area contributed by atoms with Crippen LogP contribution in [0, 0.1) is 0 Å². The highest BCUT2D eigenvalue weighted by atomic mass is 32.1. The van der Waals surface area contributed by atoms with Crippen LogP contribution in [0.3, 0.4) is 0 Å². The summed E-state index contributed by atoms with van der Waals surface area (Å²) in [5, 5.41) is 7.30. The average molecular weight is 378 g/mol. The number of benzene rings is 2. The lowest BCUT2D eigenvalue weighted by Gasteiger charge is -1.99. The van der Waals surface area contributed by atoms with E-state index in [2.05, 4.69) is 10.5 Å². The molecule has 0 atom stereocenters. The van der Waals surface area contributed by atoms with Crippen molar-refractivity contribution < 1.29 is 18.8 Å². The molecule has 2 aromatic heterocycles. The van der Waals surface area contributed by atoms with E-state index in [4.69, 9.17) is 9.26 Å². The number of ether oxygens (including phenoxy) is 1. The zero-order valence-corrected chi connectivity index (χ0v) is 15.1. The quantitative estimate of drug-likeness (QED) is 0.525. The minimum atomic E-state index is -0.436. The van der Waals surface area contributed by atoms with E-state index in [1.807, 2.05) is 36.4 Å². The van der Waals surface area contributed by atoms with Gasteiger partial charge in [0.15, 0.2) is 11.6 Å². The maximum absolute atomic E-state index is 12.6. The first-order valence-corrected chi connectivity index (χ1v) is 8.92. The third-order valence-corrected chi connectivity index (χ3v) is 5.10. The van der Waals surface area contributed by atoms with Gasteiger partial charge >= 0.3 is 5.97 Å². The Morgan fingerprint density at radius 2 is 1.89 bits per heavy atom. The molecule has 0 aliphatic rings. The van der Waals surface area contributed by atoms with Gasteiger partial charge in [-0.25, -0.2) is 4.79 Å². The van der Waals surface area contributed by atoms with E-state index in [1.54, 1.807) is 24.3 Å². The highest BCUT2D eigenvalue weighted by molar-refractivity contribution is 7.21. The molecule has 4 rings (SSSR count). The van der Waals surface area contributed by atoms with Crippen LogP contribution in [0.2, 0.25) is 0 Å². The van der Waals surface area contributed by atoms with Gasteiger partial charge < -0.3 is 14.6 Å². The van der Waals surface area contributed by atoms with Gasteiger partial charge in [0.25, 0.3) is 5.91 Å². The Bertz CT molecular complexity index is 1130. The molecule has 2 heterocycles. The lowest BCUT2D eigenvalue weighted by Crippen LogP contribution is -2.10. The van der Waals surface area contributed by atoms with Crippen LogP contribution >= 0.6 is 11.3 Å². The Morgan fingerprint density at radius 3 is 2.67 bits per heavy atom. The van der Waals surface area contributed by atoms with Gasteiger partial charge in [-0.2, -0.15) is 0 Å². The number of hydrogen-bond acceptors (Lipinski definition) is 6. The number of methoxy groups -OCH3 is 1. The molecule has 6 nitrogen and oxygen atoms in total. The number of rotatable bonds is 4. The largest absolute Gasteiger partial charge is 0.465 e. The van der Waals surface area contributed by atoms with Crippen molar-refractivity contribution >= 4 is 39.1 Å². The predicted molar refractivity (Wildman–Crippen MR) is 103 cm³/mol. The molecule has 1 amide bonds. The number of aromatic nitrogens is 1. The van der Waals surface area contributed by atoms with E-state index in [0.717, 1.165) is 10.3 Å². The first-order valence-electron chi connectivity index (χ1n) is 8.10. The van der Waals surface area contributed by atoms with Gasteiger partial charge in [-0.15, -0.1) is 11.3 Å². The fourth-order valence-electron chi connectivity index (χ4n) is 2.71. The van der Waals surface area contributed by atoms with Crippen LogP contribution in [0.25, 0.3) is 21.4 Å². The van der Waals surface area contributed by atoms with Gasteiger partial charge in [0.1, 0.15) is 0 Å². The number of nitrogens with one attached hydrogen (secondary N) is 1. The molecule has 1 N–H and O–H groups in total. The second-order valence-corrected chi connectivity index (χ2v) is 6.80. The Morgan fingerprint density at radius 1 is 1.07 bits per heavy atom. The Balaban J connectivity index is 1.59. The maximum atomic E-state index is 12.6. The standard InChI is InChI=1S/C20H14N2O4S/c1-25-20(24)13-8-5-9-16-14(13)10-17(27-16)19(23)21-18-11-15(26-22-18)12-6-3-2-4-7-12/h2-11H,1H3,(H,21,22,23). The van der Waals surface area contributed by atoms with Gasteiger partial charge in [0.2, 0.25) is 0 Å². The normalized spacial score (nSPS) is 10.7. The molecule has 27 heavy (non-hydrogen) atoms. The van der Waals surface area contributed by atoms with Crippen LogP contribution in [-0.2, 0) is 4.74 Å². The SMILES string of the molecule is COC(=O)c1cccc2sc(C(=O)Nc3cc(-c4ccccc4)on3)cc12. The molecule has 4 aromatic rings. The van der Waals surface area contributed by atoms with Crippen molar-refractivity contribution in [1.82, 2.24) is 5.16 Å². The van der Waals surface area contributed by atoms with Crippen LogP contribution < -0.4 is 5.32 Å². The number of anilines is 1. The molecule has 0 bridgehead atoms. The molecule has 134 valence electrons. The fourth-order valence-corrected chi connectivity index (χ4v) is 3.69. The molecular formula is C20H14N2O4S. The zero-order valence-electron chi connectivity index (χ0n) is 14.3. The van der Waals surface area contributed by atoms with Crippen molar-refractivity contribution in [2.75, 3.05) is 12.4 Å². The lowest BCUT2D eigenvalue weighted by atomic mass is 10.1. The number of hydrogen-bond donors (Lipinski definition) is 1. The van der Waals surface area contributed by atoms with Crippen LogP contribution in [0.4, 0.5) is 5.82 Å². The van der Waals surface area contributed by atoms with Crippen molar-refractivity contribution in [2.24, 2.45) is 0 Å². The third-order valence-electron chi connectivity index (χ3n) is 4.00. The van der Waals surface area contributed by atoms with E-state index in [1.165, 1.54) is 18.4 Å². The molecule has 7 heteroatoms. The second kappa shape index (κ2) is 7.05. The van der Waals surface area contributed by atoms with Crippen LogP contribution in [0.1, 0.15) is 20.0 Å². The fraction of sp³-hybridized carbons (Fsp3) is 0.0500. The van der Waals surface area contributed by atoms with E-state index in [9.17, 15) is 9.59 Å². The van der Waals surface area contributed by atoms with Gasteiger partial charge in [0, 0.05) is 21.7 Å². The zero-order chi connectivity index (χ0) is 18.8. The number of amides is 1. The number of fused-ring (bicyclic) bond motifs is 1. The molecule has 0 saturated heterocycles. The summed E-state index contributed by atoms with van der Waals surface area (Å²) >= 11 is 1.29. The molecule has 0 saturated carbocycles. The minimum absolute atomic E-state index is 0.320. The molecule has 0 aliphatic heterocycles. The van der Waals surface area contributed by atoms with Gasteiger partial charge in [-0.1, -0.05) is 41.6 Å². The molecule has 0 radical (unpaired) electrons. The molecule has 0 unspecified atom stereocenters. The summed E-state index contributed by atoms with van der Waals surface area (Å²) in [6, 6.07) is 18.1. The molecule has 2 aromatic carbocycles. The predicted octanol–water partition coefficient (Wildman–Crippen LogP) is 4.60. The number of carbonyl (C=O) groups is 2. The van der Waals surface area contributed by atoms with Crippen molar-refractivity contribution in [3.05, 3.63) is 71.1 Å². The Labute approximate surface area is 158 Å². The molecule has 0 aliphatic carbocycles. The maximum Gasteiger partial charge on any atom is 0.338 e. The van der Waals surface area contributed by atoms with E-state index >= 15 is 0 Å². The summed E-state index contributed by atoms with van der Waals surface area (Å²) in [7, 11) is 1.33. The summed E-state index contributed by atoms with van der Waals surface area (Å²) in [5.74, 6) is 0.133. The topological polar surface area (TPSA) is 81.4 Å². The summed E-state index contributed by atoms with van der Waals surface area (Å²) in [5.41, 5.74) is 1.30. The van der Waals surface area contributed by atoms with Crippen molar-refractivity contribution in [3.63, 3.8) is 0 Å². The summed E-state index contributed by atoms with van der Waals surface area (Å²) in [6.45, 7) is 0. The smallest absolute Gasteiger partial charge is 0.338 e. The van der Waals surface area contributed by atoms with Crippen LogP contribution in [0.5, 0.6) is 0 Å².